The van der Waals surface area contributed by atoms with E-state index in [2.05, 4.69) is 4.99 Å². The Kier molecular flexibility index (Phi) is 6.14. The van der Waals surface area contributed by atoms with Gasteiger partial charge in [0, 0.05) is 29.2 Å². The standard InChI is InChI=1S/C24H22Cl2N2O6/c1-11(30)13-3-4-14-15(23-27-20-22(32)21(31)19(10-29)33-24(20)34-23)9-28(18(14)7-13)8-12-2-5-16(25)17(26)6-12/h2-7,9,19-22,24,29,31-32H,8,10H2,1H3/t19?,20-,21-,22?,24-/m1/s1. The molecule has 2 unspecified atom stereocenters. The zero-order valence-corrected chi connectivity index (χ0v) is 19.6. The van der Waals surface area contributed by atoms with E-state index in [9.17, 15) is 20.1 Å². The third-order valence-corrected chi connectivity index (χ3v) is 6.94. The fourth-order valence-corrected chi connectivity index (χ4v) is 4.68. The number of fused-ring (bicyclic) bond motifs is 2. The van der Waals surface area contributed by atoms with E-state index in [-0.39, 0.29) is 11.7 Å². The number of hydrogen-bond acceptors (Lipinski definition) is 7. The molecule has 0 radical (unpaired) electrons. The summed E-state index contributed by atoms with van der Waals surface area (Å²) in [6.45, 7) is 1.49. The predicted molar refractivity (Wildman–Crippen MR) is 127 cm³/mol. The van der Waals surface area contributed by atoms with Crippen LogP contribution in [0.4, 0.5) is 0 Å². The Bertz CT molecular complexity index is 1310. The van der Waals surface area contributed by atoms with E-state index in [1.807, 2.05) is 22.9 Å². The van der Waals surface area contributed by atoms with Crippen LogP contribution >= 0.6 is 23.2 Å². The molecule has 0 amide bonds. The second kappa shape index (κ2) is 8.96. The molecule has 3 aromatic rings. The molecular formula is C24H22Cl2N2O6. The summed E-state index contributed by atoms with van der Waals surface area (Å²) < 4.78 is 13.5. The Morgan fingerprint density at radius 1 is 1.12 bits per heavy atom. The Morgan fingerprint density at radius 2 is 1.91 bits per heavy atom. The van der Waals surface area contributed by atoms with Gasteiger partial charge in [-0.3, -0.25) is 4.79 Å². The third-order valence-electron chi connectivity index (χ3n) is 6.20. The minimum atomic E-state index is -1.29. The molecule has 0 aliphatic carbocycles. The second-order valence-corrected chi connectivity index (χ2v) is 9.27. The number of aliphatic hydroxyl groups is 3. The van der Waals surface area contributed by atoms with E-state index in [0.717, 1.165) is 16.5 Å². The van der Waals surface area contributed by atoms with E-state index in [1.54, 1.807) is 24.3 Å². The van der Waals surface area contributed by atoms with Gasteiger partial charge in [0.1, 0.15) is 24.4 Å². The molecule has 178 valence electrons. The van der Waals surface area contributed by atoms with Gasteiger partial charge in [-0.1, -0.05) is 41.4 Å². The number of aliphatic hydroxyl groups excluding tert-OH is 3. The van der Waals surface area contributed by atoms with Crippen LogP contribution in [0.1, 0.15) is 28.4 Å². The summed E-state index contributed by atoms with van der Waals surface area (Å²) in [7, 11) is 0. The number of benzene rings is 2. The Balaban J connectivity index is 1.57. The van der Waals surface area contributed by atoms with Gasteiger partial charge in [-0.2, -0.15) is 0 Å². The van der Waals surface area contributed by atoms with Crippen molar-refractivity contribution in [3.8, 4) is 0 Å². The van der Waals surface area contributed by atoms with Gasteiger partial charge in [-0.15, -0.1) is 0 Å². The molecule has 34 heavy (non-hydrogen) atoms. The summed E-state index contributed by atoms with van der Waals surface area (Å²) in [5.74, 6) is 0.181. The summed E-state index contributed by atoms with van der Waals surface area (Å²) in [5, 5.41) is 31.8. The molecule has 10 heteroatoms. The number of hydrogen-bond donors (Lipinski definition) is 3. The van der Waals surface area contributed by atoms with Crippen molar-refractivity contribution >= 4 is 45.8 Å². The Labute approximate surface area is 205 Å². The number of aliphatic imine (C=N–C) groups is 1. The minimum absolute atomic E-state index is 0.0632. The number of carbonyl (C=O) groups is 1. The van der Waals surface area contributed by atoms with Gasteiger partial charge in [0.15, 0.2) is 5.78 Å². The maximum absolute atomic E-state index is 12.0. The molecule has 3 N–H and O–H groups in total. The maximum Gasteiger partial charge on any atom is 0.227 e. The van der Waals surface area contributed by atoms with Gasteiger partial charge in [-0.05, 0) is 30.7 Å². The van der Waals surface area contributed by atoms with Crippen LogP contribution in [0.2, 0.25) is 10.0 Å². The van der Waals surface area contributed by atoms with Crippen molar-refractivity contribution in [3.05, 3.63) is 69.3 Å². The molecule has 1 fully saturated rings. The lowest BCUT2D eigenvalue weighted by Gasteiger charge is -2.36. The van der Waals surface area contributed by atoms with Crippen molar-refractivity contribution < 1.29 is 29.6 Å². The summed E-state index contributed by atoms with van der Waals surface area (Å²) in [6.07, 6.45) is -2.59. The first kappa shape index (κ1) is 23.3. The molecule has 2 aliphatic heterocycles. The van der Waals surface area contributed by atoms with Gasteiger partial charge < -0.3 is 29.4 Å². The fraction of sp³-hybridized carbons (Fsp3) is 0.333. The number of rotatable bonds is 5. The zero-order chi connectivity index (χ0) is 24.1. The molecule has 5 atom stereocenters. The lowest BCUT2D eigenvalue weighted by Crippen LogP contribution is -2.56. The largest absolute Gasteiger partial charge is 0.445 e. The highest BCUT2D eigenvalue weighted by Gasteiger charge is 2.49. The Morgan fingerprint density at radius 3 is 2.62 bits per heavy atom. The van der Waals surface area contributed by atoms with Crippen LogP contribution in [-0.4, -0.2) is 68.8 Å². The smallest absolute Gasteiger partial charge is 0.227 e. The summed E-state index contributed by atoms with van der Waals surface area (Å²) >= 11 is 12.2. The van der Waals surface area contributed by atoms with Gasteiger partial charge >= 0.3 is 0 Å². The molecule has 0 spiro atoms. The number of carbonyl (C=O) groups excluding carboxylic acids is 1. The molecule has 2 aliphatic rings. The summed E-state index contributed by atoms with van der Waals surface area (Å²) in [6, 6.07) is 9.90. The highest BCUT2D eigenvalue weighted by Crippen LogP contribution is 2.33. The number of aromatic nitrogens is 1. The van der Waals surface area contributed by atoms with E-state index in [0.29, 0.717) is 27.7 Å². The first-order chi connectivity index (χ1) is 16.3. The molecule has 1 saturated heterocycles. The van der Waals surface area contributed by atoms with Crippen molar-refractivity contribution in [2.24, 2.45) is 4.99 Å². The van der Waals surface area contributed by atoms with E-state index < -0.39 is 37.3 Å². The van der Waals surface area contributed by atoms with Gasteiger partial charge in [-0.25, -0.2) is 4.99 Å². The first-order valence-electron chi connectivity index (χ1n) is 10.7. The van der Waals surface area contributed by atoms with E-state index >= 15 is 0 Å². The van der Waals surface area contributed by atoms with Gasteiger partial charge in [0.2, 0.25) is 12.2 Å². The number of nitrogens with zero attached hydrogens (tertiary/aromatic N) is 2. The zero-order valence-electron chi connectivity index (χ0n) is 18.1. The predicted octanol–water partition coefficient (Wildman–Crippen LogP) is 2.78. The number of ether oxygens (including phenoxy) is 2. The maximum atomic E-state index is 12.0. The van der Waals surface area contributed by atoms with Crippen LogP contribution in [0, 0.1) is 0 Å². The SMILES string of the molecule is CC(=O)c1ccc2c(C3=N[C@@H]4C(O)[C@H](O)C(CO)O[C@@H]4O3)cn(Cc3ccc(Cl)c(Cl)c3)c2c1. The topological polar surface area (TPSA) is 114 Å². The van der Waals surface area contributed by atoms with Crippen LogP contribution in [0.3, 0.4) is 0 Å². The average molecular weight is 505 g/mol. The summed E-state index contributed by atoms with van der Waals surface area (Å²) in [5.41, 5.74) is 2.89. The van der Waals surface area contributed by atoms with Gasteiger partial charge in [0.05, 0.1) is 22.2 Å². The van der Waals surface area contributed by atoms with Crippen molar-refractivity contribution in [1.29, 1.82) is 0 Å². The fourth-order valence-electron chi connectivity index (χ4n) is 4.36. The quantitative estimate of drug-likeness (QED) is 0.460. The van der Waals surface area contributed by atoms with E-state index in [4.69, 9.17) is 32.7 Å². The first-order valence-corrected chi connectivity index (χ1v) is 11.5. The van der Waals surface area contributed by atoms with Gasteiger partial charge in [0.25, 0.3) is 0 Å². The van der Waals surface area contributed by atoms with Crippen LogP contribution in [0.15, 0.2) is 47.6 Å². The highest BCUT2D eigenvalue weighted by molar-refractivity contribution is 6.42. The molecule has 0 bridgehead atoms. The molecule has 0 saturated carbocycles. The average Bonchev–Trinajstić information content (AvgIpc) is 3.40. The van der Waals surface area contributed by atoms with Crippen LogP contribution < -0.4 is 0 Å². The van der Waals surface area contributed by atoms with Crippen molar-refractivity contribution in [2.75, 3.05) is 6.61 Å². The lowest BCUT2D eigenvalue weighted by molar-refractivity contribution is -0.234. The number of Topliss-reactive ketones (excluding diaryl/α,β-unsaturated/α-hetero) is 1. The normalized spacial score (nSPS) is 26.3. The molecule has 1 aromatic heterocycles. The third kappa shape index (κ3) is 4.00. The number of ketones is 1. The number of halogens is 2. The van der Waals surface area contributed by atoms with Crippen LogP contribution in [0.5, 0.6) is 0 Å². The monoisotopic (exact) mass is 504 g/mol. The molecular weight excluding hydrogens is 483 g/mol. The molecule has 5 rings (SSSR count). The van der Waals surface area contributed by atoms with E-state index in [1.165, 1.54) is 6.92 Å². The highest BCUT2D eigenvalue weighted by atomic mass is 35.5. The van der Waals surface area contributed by atoms with Crippen molar-refractivity contribution in [2.45, 2.75) is 44.1 Å². The minimum Gasteiger partial charge on any atom is -0.445 e. The van der Waals surface area contributed by atoms with Crippen molar-refractivity contribution in [1.82, 2.24) is 4.57 Å². The lowest BCUT2D eigenvalue weighted by atomic mass is 9.98. The van der Waals surface area contributed by atoms with Crippen molar-refractivity contribution in [3.63, 3.8) is 0 Å². The molecule has 3 heterocycles. The Hall–Kier alpha value is -2.46. The summed E-state index contributed by atoms with van der Waals surface area (Å²) in [4.78, 5) is 16.5. The van der Waals surface area contributed by atoms with Crippen LogP contribution in [-0.2, 0) is 16.0 Å². The second-order valence-electron chi connectivity index (χ2n) is 8.46. The molecule has 2 aromatic carbocycles. The van der Waals surface area contributed by atoms with Crippen LogP contribution in [0.25, 0.3) is 10.9 Å². The molecule has 8 nitrogen and oxygen atoms in total.